The first kappa shape index (κ1) is 16.9. The molecule has 0 unspecified atom stereocenters. The van der Waals surface area contributed by atoms with Crippen molar-refractivity contribution in [1.82, 2.24) is 4.31 Å². The third kappa shape index (κ3) is 3.49. The summed E-state index contributed by atoms with van der Waals surface area (Å²) in [5, 5.41) is 0. The number of para-hydroxylation sites is 1. The maximum absolute atomic E-state index is 13.5. The number of rotatable bonds is 7. The van der Waals surface area contributed by atoms with Crippen LogP contribution in [0.4, 0.5) is 10.1 Å². The molecule has 2 N–H and O–H groups in total. The number of sulfonamides is 1. The van der Waals surface area contributed by atoms with Crippen LogP contribution in [0.5, 0.6) is 0 Å². The van der Waals surface area contributed by atoms with E-state index in [0.29, 0.717) is 19.0 Å². The maximum Gasteiger partial charge on any atom is 0.245 e. The molecule has 0 radical (unpaired) electrons. The second-order valence-electron chi connectivity index (χ2n) is 4.79. The van der Waals surface area contributed by atoms with E-state index in [1.807, 2.05) is 13.8 Å². The van der Waals surface area contributed by atoms with Crippen molar-refractivity contribution in [3.8, 4) is 0 Å². The zero-order valence-electron chi connectivity index (χ0n) is 12.3. The quantitative estimate of drug-likeness (QED) is 0.788. The Hall–Kier alpha value is -1.14. The normalized spacial score (nSPS) is 12.3. The Balaban J connectivity index is 3.15. The molecule has 0 spiro atoms. The number of benzene rings is 1. The van der Waals surface area contributed by atoms with Gasteiger partial charge in [-0.25, -0.2) is 12.8 Å². The molecule has 0 aromatic heterocycles. The summed E-state index contributed by atoms with van der Waals surface area (Å²) < 4.78 is 40.0. The van der Waals surface area contributed by atoms with E-state index in [9.17, 15) is 12.8 Å². The van der Waals surface area contributed by atoms with Gasteiger partial charge in [0.15, 0.2) is 0 Å². The first-order valence-corrected chi connectivity index (χ1v) is 8.36. The van der Waals surface area contributed by atoms with Crippen LogP contribution in [0, 0.1) is 11.7 Å². The van der Waals surface area contributed by atoms with Crippen molar-refractivity contribution >= 4 is 15.7 Å². The lowest BCUT2D eigenvalue weighted by Crippen LogP contribution is -2.35. The minimum atomic E-state index is -3.75. The van der Waals surface area contributed by atoms with E-state index in [0.717, 1.165) is 18.9 Å². The fourth-order valence-electron chi connectivity index (χ4n) is 2.11. The highest BCUT2D eigenvalue weighted by atomic mass is 32.2. The maximum atomic E-state index is 13.5. The molecular weight excluding hydrogens is 279 g/mol. The van der Waals surface area contributed by atoms with Crippen molar-refractivity contribution in [3.63, 3.8) is 0 Å². The monoisotopic (exact) mass is 302 g/mol. The summed E-state index contributed by atoms with van der Waals surface area (Å²) in [7, 11) is -3.75. The van der Waals surface area contributed by atoms with E-state index in [2.05, 4.69) is 0 Å². The predicted molar refractivity (Wildman–Crippen MR) is 79.3 cm³/mol. The molecule has 0 saturated heterocycles. The van der Waals surface area contributed by atoms with Crippen molar-refractivity contribution in [1.29, 1.82) is 0 Å². The number of nitrogens with zero attached hydrogens (tertiary/aromatic N) is 1. The molecule has 0 saturated carbocycles. The Morgan fingerprint density at radius 3 is 2.35 bits per heavy atom. The summed E-state index contributed by atoms with van der Waals surface area (Å²) in [6.07, 6.45) is 1.81. The Bertz CT molecular complexity index is 542. The van der Waals surface area contributed by atoms with Crippen molar-refractivity contribution < 1.29 is 12.8 Å². The van der Waals surface area contributed by atoms with Crippen LogP contribution in [0.2, 0.25) is 0 Å². The molecule has 1 aromatic carbocycles. The van der Waals surface area contributed by atoms with E-state index in [-0.39, 0.29) is 10.6 Å². The molecule has 0 amide bonds. The highest BCUT2D eigenvalue weighted by Crippen LogP contribution is 2.25. The summed E-state index contributed by atoms with van der Waals surface area (Å²) in [5.41, 5.74) is 5.27. The average Bonchev–Trinajstić information content (AvgIpc) is 2.42. The van der Waals surface area contributed by atoms with Gasteiger partial charge in [0.1, 0.15) is 10.7 Å². The Morgan fingerprint density at radius 1 is 1.25 bits per heavy atom. The molecular formula is C14H23FN2O2S. The van der Waals surface area contributed by atoms with Gasteiger partial charge in [-0.3, -0.25) is 0 Å². The van der Waals surface area contributed by atoms with Crippen molar-refractivity contribution in [2.75, 3.05) is 18.8 Å². The van der Waals surface area contributed by atoms with E-state index in [1.54, 1.807) is 6.92 Å². The fourth-order valence-corrected chi connectivity index (χ4v) is 3.76. The van der Waals surface area contributed by atoms with Gasteiger partial charge in [-0.15, -0.1) is 0 Å². The van der Waals surface area contributed by atoms with E-state index < -0.39 is 15.8 Å². The molecule has 20 heavy (non-hydrogen) atoms. The minimum absolute atomic E-state index is 0.148. The van der Waals surface area contributed by atoms with Crippen molar-refractivity contribution in [3.05, 3.63) is 24.0 Å². The molecule has 4 nitrogen and oxygen atoms in total. The Kier molecular flexibility index (Phi) is 5.95. The summed E-state index contributed by atoms with van der Waals surface area (Å²) in [4.78, 5) is -0.148. The van der Waals surface area contributed by atoms with Gasteiger partial charge in [0, 0.05) is 13.1 Å². The van der Waals surface area contributed by atoms with Gasteiger partial charge in [0.2, 0.25) is 10.0 Å². The van der Waals surface area contributed by atoms with Gasteiger partial charge in [0.05, 0.1) is 5.69 Å². The zero-order valence-corrected chi connectivity index (χ0v) is 13.1. The fraction of sp³-hybridized carbons (Fsp3) is 0.571. The van der Waals surface area contributed by atoms with Crippen LogP contribution in [0.3, 0.4) is 0 Å². The molecule has 0 atom stereocenters. The first-order chi connectivity index (χ1) is 9.38. The molecule has 0 fully saturated rings. The molecule has 0 aliphatic heterocycles. The number of nitrogens with two attached hydrogens (primary N) is 1. The minimum Gasteiger partial charge on any atom is -0.395 e. The summed E-state index contributed by atoms with van der Waals surface area (Å²) in [6, 6.07) is 3.87. The van der Waals surface area contributed by atoms with Crippen molar-refractivity contribution in [2.45, 2.75) is 38.5 Å². The van der Waals surface area contributed by atoms with Gasteiger partial charge in [-0.05, 0) is 18.1 Å². The number of halogens is 1. The van der Waals surface area contributed by atoms with Crippen LogP contribution in [-0.2, 0) is 10.0 Å². The lowest BCUT2D eigenvalue weighted by molar-refractivity contribution is 0.339. The van der Waals surface area contributed by atoms with Crippen LogP contribution < -0.4 is 5.73 Å². The SMILES string of the molecule is CCC(CC)CN(CC)S(=O)(=O)c1cccc(F)c1N. The summed E-state index contributed by atoms with van der Waals surface area (Å²) in [6.45, 7) is 6.61. The number of anilines is 1. The third-order valence-corrected chi connectivity index (χ3v) is 5.60. The molecule has 0 aliphatic rings. The lowest BCUT2D eigenvalue weighted by Gasteiger charge is -2.25. The van der Waals surface area contributed by atoms with E-state index in [1.165, 1.54) is 16.4 Å². The van der Waals surface area contributed by atoms with Gasteiger partial charge in [0.25, 0.3) is 0 Å². The van der Waals surface area contributed by atoms with Gasteiger partial charge >= 0.3 is 0 Å². The molecule has 0 aliphatic carbocycles. The van der Waals surface area contributed by atoms with Crippen LogP contribution >= 0.6 is 0 Å². The third-order valence-electron chi connectivity index (χ3n) is 3.60. The first-order valence-electron chi connectivity index (χ1n) is 6.92. The molecule has 1 rings (SSSR count). The van der Waals surface area contributed by atoms with Gasteiger partial charge in [-0.2, -0.15) is 4.31 Å². The number of hydrogen-bond donors (Lipinski definition) is 1. The lowest BCUT2D eigenvalue weighted by atomic mass is 10.0. The zero-order chi connectivity index (χ0) is 15.3. The van der Waals surface area contributed by atoms with Crippen molar-refractivity contribution in [2.24, 2.45) is 5.92 Å². The van der Waals surface area contributed by atoms with Crippen LogP contribution in [0.1, 0.15) is 33.6 Å². The van der Waals surface area contributed by atoms with Gasteiger partial charge in [-0.1, -0.05) is 39.7 Å². The van der Waals surface area contributed by atoms with Gasteiger partial charge < -0.3 is 5.73 Å². The van der Waals surface area contributed by atoms with Crippen LogP contribution in [0.25, 0.3) is 0 Å². The topological polar surface area (TPSA) is 63.4 Å². The highest BCUT2D eigenvalue weighted by molar-refractivity contribution is 7.89. The molecule has 0 bridgehead atoms. The van der Waals surface area contributed by atoms with E-state index in [4.69, 9.17) is 5.73 Å². The summed E-state index contributed by atoms with van der Waals surface area (Å²) >= 11 is 0. The number of nitrogen functional groups attached to an aromatic ring is 1. The molecule has 1 aromatic rings. The highest BCUT2D eigenvalue weighted by Gasteiger charge is 2.27. The molecule has 114 valence electrons. The van der Waals surface area contributed by atoms with Crippen LogP contribution in [-0.4, -0.2) is 25.8 Å². The predicted octanol–water partition coefficient (Wildman–Crippen LogP) is 2.85. The molecule has 6 heteroatoms. The largest absolute Gasteiger partial charge is 0.395 e. The second kappa shape index (κ2) is 7.04. The number of hydrogen-bond acceptors (Lipinski definition) is 3. The summed E-state index contributed by atoms with van der Waals surface area (Å²) in [5.74, 6) is -0.413. The van der Waals surface area contributed by atoms with Crippen LogP contribution in [0.15, 0.2) is 23.1 Å². The second-order valence-corrected chi connectivity index (χ2v) is 6.70. The van der Waals surface area contributed by atoms with E-state index >= 15 is 0 Å². The molecule has 0 heterocycles. The average molecular weight is 302 g/mol. The standard InChI is InChI=1S/C14H23FN2O2S/c1-4-11(5-2)10-17(6-3)20(18,19)13-9-7-8-12(15)14(13)16/h7-9,11H,4-6,10,16H2,1-3H3. The Labute approximate surface area is 120 Å². The smallest absolute Gasteiger partial charge is 0.245 e. The Morgan fingerprint density at radius 2 is 1.85 bits per heavy atom.